The molecular formula is C21H23N3O4S. The fourth-order valence-electron chi connectivity index (χ4n) is 3.02. The van der Waals surface area contributed by atoms with Crippen molar-refractivity contribution in [1.82, 2.24) is 9.97 Å². The number of benzene rings is 1. The van der Waals surface area contributed by atoms with Crippen LogP contribution in [0.4, 0.5) is 5.82 Å². The highest BCUT2D eigenvalue weighted by Crippen LogP contribution is 2.34. The van der Waals surface area contributed by atoms with Crippen LogP contribution in [0, 0.1) is 0 Å². The predicted octanol–water partition coefficient (Wildman–Crippen LogP) is 4.69. The van der Waals surface area contributed by atoms with Gasteiger partial charge in [0.1, 0.15) is 10.6 Å². The standard InChI is InChI=1S/C21H23N3O4S/c1-3-5-6-18(25)28-21-23-19(15-10-14(4-2)29-20(15)24-21)22-11-13-7-8-16-17(9-13)27-12-26-16/h7-10H,3-6,11-12H2,1-2H3,(H,22,23,24). The summed E-state index contributed by atoms with van der Waals surface area (Å²) >= 11 is 1.59. The molecule has 8 heteroatoms. The zero-order valence-electron chi connectivity index (χ0n) is 16.5. The van der Waals surface area contributed by atoms with Gasteiger partial charge in [0.25, 0.3) is 0 Å². The zero-order valence-corrected chi connectivity index (χ0v) is 17.3. The lowest BCUT2D eigenvalue weighted by atomic mass is 10.2. The van der Waals surface area contributed by atoms with E-state index >= 15 is 0 Å². The molecule has 0 spiro atoms. The quantitative estimate of drug-likeness (QED) is 0.536. The number of esters is 1. The van der Waals surface area contributed by atoms with Gasteiger partial charge in [0.05, 0.1) is 5.39 Å². The maximum absolute atomic E-state index is 12.0. The first-order valence-electron chi connectivity index (χ1n) is 9.79. The maximum Gasteiger partial charge on any atom is 0.327 e. The molecule has 1 aromatic carbocycles. The number of hydrogen-bond acceptors (Lipinski definition) is 8. The van der Waals surface area contributed by atoms with Gasteiger partial charge in [0.2, 0.25) is 6.79 Å². The van der Waals surface area contributed by atoms with E-state index in [1.165, 1.54) is 4.88 Å². The van der Waals surface area contributed by atoms with Crippen molar-refractivity contribution in [2.24, 2.45) is 0 Å². The van der Waals surface area contributed by atoms with E-state index in [0.717, 1.165) is 46.5 Å². The Kier molecular flexibility index (Phi) is 5.80. The van der Waals surface area contributed by atoms with Crippen molar-refractivity contribution < 1.29 is 19.0 Å². The monoisotopic (exact) mass is 413 g/mol. The molecule has 2 aromatic heterocycles. The van der Waals surface area contributed by atoms with Gasteiger partial charge in [0, 0.05) is 17.8 Å². The molecule has 152 valence electrons. The summed E-state index contributed by atoms with van der Waals surface area (Å²) in [7, 11) is 0. The van der Waals surface area contributed by atoms with Gasteiger partial charge in [-0.2, -0.15) is 9.97 Å². The Labute approximate surface area is 173 Å². The second-order valence-electron chi connectivity index (χ2n) is 6.76. The first kappa shape index (κ1) is 19.4. The number of nitrogens with one attached hydrogen (secondary N) is 1. The van der Waals surface area contributed by atoms with Crippen LogP contribution >= 0.6 is 11.3 Å². The van der Waals surface area contributed by atoms with Gasteiger partial charge in [-0.05, 0) is 36.6 Å². The van der Waals surface area contributed by atoms with E-state index in [1.807, 2.05) is 25.1 Å². The smallest absolute Gasteiger partial charge is 0.327 e. The number of rotatable bonds is 8. The normalized spacial score (nSPS) is 12.3. The molecule has 1 aliphatic rings. The van der Waals surface area contributed by atoms with E-state index < -0.39 is 0 Å². The fraction of sp³-hybridized carbons (Fsp3) is 0.381. The molecule has 3 heterocycles. The number of carbonyl (C=O) groups is 1. The third-order valence-electron chi connectivity index (χ3n) is 4.61. The molecule has 29 heavy (non-hydrogen) atoms. The van der Waals surface area contributed by atoms with E-state index in [9.17, 15) is 4.79 Å². The van der Waals surface area contributed by atoms with Gasteiger partial charge in [-0.3, -0.25) is 4.79 Å². The lowest BCUT2D eigenvalue weighted by Gasteiger charge is -2.09. The molecule has 3 aromatic rings. The van der Waals surface area contributed by atoms with E-state index in [4.69, 9.17) is 14.2 Å². The van der Waals surface area contributed by atoms with Crippen LogP contribution in [-0.2, 0) is 17.8 Å². The molecule has 4 rings (SSSR count). The molecule has 7 nitrogen and oxygen atoms in total. The van der Waals surface area contributed by atoms with Crippen LogP contribution in [0.1, 0.15) is 43.6 Å². The third-order valence-corrected chi connectivity index (χ3v) is 5.78. The van der Waals surface area contributed by atoms with Crippen LogP contribution in [0.15, 0.2) is 24.3 Å². The Morgan fingerprint density at radius 1 is 1.21 bits per heavy atom. The van der Waals surface area contributed by atoms with Crippen LogP contribution in [-0.4, -0.2) is 22.7 Å². The topological polar surface area (TPSA) is 82.6 Å². The minimum atomic E-state index is -0.305. The molecule has 0 bridgehead atoms. The molecular weight excluding hydrogens is 390 g/mol. The molecule has 0 radical (unpaired) electrons. The number of hydrogen-bond donors (Lipinski definition) is 1. The highest BCUT2D eigenvalue weighted by Gasteiger charge is 2.16. The zero-order chi connectivity index (χ0) is 20.2. The molecule has 0 aliphatic carbocycles. The average molecular weight is 413 g/mol. The summed E-state index contributed by atoms with van der Waals surface area (Å²) in [4.78, 5) is 22.9. The maximum atomic E-state index is 12.0. The van der Waals surface area contributed by atoms with Crippen molar-refractivity contribution >= 4 is 33.3 Å². The molecule has 0 amide bonds. The van der Waals surface area contributed by atoms with Gasteiger partial charge in [-0.25, -0.2) is 0 Å². The van der Waals surface area contributed by atoms with Gasteiger partial charge >= 0.3 is 12.0 Å². The average Bonchev–Trinajstić information content (AvgIpc) is 3.36. The van der Waals surface area contributed by atoms with E-state index in [1.54, 1.807) is 11.3 Å². The molecule has 0 atom stereocenters. The summed E-state index contributed by atoms with van der Waals surface area (Å²) in [6.07, 6.45) is 2.99. The minimum absolute atomic E-state index is 0.0938. The molecule has 0 unspecified atom stereocenters. The summed E-state index contributed by atoms with van der Waals surface area (Å²) in [6, 6.07) is 8.01. The van der Waals surface area contributed by atoms with Crippen LogP contribution in [0.5, 0.6) is 17.5 Å². The SMILES string of the molecule is CCCCC(=O)Oc1nc(NCc2ccc3c(c2)OCO3)c2cc(CC)sc2n1. The van der Waals surface area contributed by atoms with Crippen LogP contribution in [0.3, 0.4) is 0 Å². The van der Waals surface area contributed by atoms with Gasteiger partial charge in [-0.15, -0.1) is 11.3 Å². The number of carbonyl (C=O) groups excluding carboxylic acids is 1. The molecule has 1 N–H and O–H groups in total. The first-order chi connectivity index (χ1) is 14.2. The summed E-state index contributed by atoms with van der Waals surface area (Å²) < 4.78 is 16.2. The van der Waals surface area contributed by atoms with Crippen molar-refractivity contribution in [3.63, 3.8) is 0 Å². The first-order valence-corrected chi connectivity index (χ1v) is 10.6. The molecule has 1 aliphatic heterocycles. The highest BCUT2D eigenvalue weighted by atomic mass is 32.1. The minimum Gasteiger partial charge on any atom is -0.454 e. The van der Waals surface area contributed by atoms with Crippen LogP contribution in [0.25, 0.3) is 10.2 Å². The predicted molar refractivity (Wildman–Crippen MR) is 112 cm³/mol. The number of unbranched alkanes of at least 4 members (excludes halogenated alkanes) is 1. The number of ether oxygens (including phenoxy) is 3. The van der Waals surface area contributed by atoms with Crippen LogP contribution < -0.4 is 19.5 Å². The summed E-state index contributed by atoms with van der Waals surface area (Å²) in [5.74, 6) is 1.85. The summed E-state index contributed by atoms with van der Waals surface area (Å²) in [6.45, 7) is 4.93. The van der Waals surface area contributed by atoms with E-state index in [0.29, 0.717) is 18.8 Å². The molecule has 0 fully saturated rings. The lowest BCUT2D eigenvalue weighted by molar-refractivity contribution is -0.135. The second kappa shape index (κ2) is 8.65. The number of nitrogens with zero attached hydrogens (tertiary/aromatic N) is 2. The lowest BCUT2D eigenvalue weighted by Crippen LogP contribution is -2.11. The number of fused-ring (bicyclic) bond motifs is 2. The fourth-order valence-corrected chi connectivity index (χ4v) is 3.98. The van der Waals surface area contributed by atoms with Crippen molar-refractivity contribution in [3.8, 4) is 17.5 Å². The van der Waals surface area contributed by atoms with Gasteiger partial charge in [-0.1, -0.05) is 26.3 Å². The summed E-state index contributed by atoms with van der Waals surface area (Å²) in [5.41, 5.74) is 1.04. The Bertz CT molecular complexity index is 1030. The number of anilines is 1. The Hall–Kier alpha value is -2.87. The molecule has 0 saturated carbocycles. The van der Waals surface area contributed by atoms with Crippen LogP contribution in [0.2, 0.25) is 0 Å². The van der Waals surface area contributed by atoms with Crippen molar-refractivity contribution in [1.29, 1.82) is 0 Å². The number of aromatic nitrogens is 2. The van der Waals surface area contributed by atoms with Gasteiger partial charge < -0.3 is 19.5 Å². The van der Waals surface area contributed by atoms with Crippen molar-refractivity contribution in [3.05, 3.63) is 34.7 Å². The second-order valence-corrected chi connectivity index (χ2v) is 7.87. The number of aryl methyl sites for hydroxylation is 1. The van der Waals surface area contributed by atoms with E-state index in [-0.39, 0.29) is 18.8 Å². The third kappa shape index (κ3) is 4.42. The van der Waals surface area contributed by atoms with E-state index in [2.05, 4.69) is 28.3 Å². The van der Waals surface area contributed by atoms with Gasteiger partial charge in [0.15, 0.2) is 11.5 Å². The van der Waals surface area contributed by atoms with Crippen molar-refractivity contribution in [2.45, 2.75) is 46.1 Å². The Morgan fingerprint density at radius 2 is 2.07 bits per heavy atom. The molecule has 0 saturated heterocycles. The Balaban J connectivity index is 1.57. The number of thiophene rings is 1. The Morgan fingerprint density at radius 3 is 2.90 bits per heavy atom. The largest absolute Gasteiger partial charge is 0.454 e. The highest BCUT2D eigenvalue weighted by molar-refractivity contribution is 7.18. The summed E-state index contributed by atoms with van der Waals surface area (Å²) in [5, 5.41) is 4.29. The van der Waals surface area contributed by atoms with Crippen molar-refractivity contribution in [2.75, 3.05) is 12.1 Å².